The Bertz CT molecular complexity index is 1120. The predicted molar refractivity (Wildman–Crippen MR) is 156 cm³/mol. The van der Waals surface area contributed by atoms with E-state index in [4.69, 9.17) is 18.9 Å². The van der Waals surface area contributed by atoms with Gasteiger partial charge in [-0.3, -0.25) is 0 Å². The van der Waals surface area contributed by atoms with Crippen molar-refractivity contribution in [2.45, 2.75) is 145 Å². The Morgan fingerprint density at radius 3 is 2.16 bits per heavy atom. The molecule has 0 bridgehead atoms. The fourth-order valence-electron chi connectivity index (χ4n) is 12.0. The minimum absolute atomic E-state index is 0.0357. The zero-order valence-corrected chi connectivity index (χ0v) is 26.8. The summed E-state index contributed by atoms with van der Waals surface area (Å²) in [5, 5.41) is 87.1. The highest BCUT2D eigenvalue weighted by Gasteiger charge is 2.76. The van der Waals surface area contributed by atoms with Gasteiger partial charge in [0.05, 0.1) is 25.4 Å². The van der Waals surface area contributed by atoms with Crippen LogP contribution >= 0.6 is 0 Å². The molecule has 4 aliphatic carbocycles. The minimum atomic E-state index is -1.74. The van der Waals surface area contributed by atoms with E-state index in [9.17, 15) is 40.9 Å². The smallest absolute Gasteiger partial charge is 0.187 e. The summed E-state index contributed by atoms with van der Waals surface area (Å²) in [5.41, 5.74) is -3.00. The molecule has 0 aromatic heterocycles. The lowest BCUT2D eigenvalue weighted by molar-refractivity contribution is -0.398. The van der Waals surface area contributed by atoms with Crippen LogP contribution in [0.1, 0.15) is 72.6 Å². The fraction of sp³-hybridized carbons (Fsp3) is 1.00. The molecule has 3 aliphatic heterocycles. The van der Waals surface area contributed by atoms with E-state index < -0.39 is 78.5 Å². The molecule has 7 aliphatic rings. The van der Waals surface area contributed by atoms with E-state index in [0.717, 1.165) is 25.7 Å². The van der Waals surface area contributed by atoms with E-state index in [1.54, 1.807) is 6.92 Å². The first-order valence-electron chi connectivity index (χ1n) is 17.2. The number of ether oxygens (including phenoxy) is 4. The number of aliphatic hydroxyl groups is 8. The van der Waals surface area contributed by atoms with Gasteiger partial charge in [0.1, 0.15) is 48.3 Å². The third-order valence-corrected chi connectivity index (χ3v) is 14.5. The van der Waals surface area contributed by atoms with Gasteiger partial charge < -0.3 is 59.8 Å². The summed E-state index contributed by atoms with van der Waals surface area (Å²) in [4.78, 5) is 0. The molecule has 3 saturated heterocycles. The van der Waals surface area contributed by atoms with Crippen molar-refractivity contribution in [2.24, 2.45) is 46.3 Å². The normalized spacial score (nSPS) is 62.7. The third kappa shape index (κ3) is 4.27. The highest BCUT2D eigenvalue weighted by atomic mass is 16.7. The molecule has 5 unspecified atom stereocenters. The zero-order valence-electron chi connectivity index (χ0n) is 26.8. The van der Waals surface area contributed by atoms with Crippen LogP contribution in [0.15, 0.2) is 0 Å². The van der Waals surface area contributed by atoms with E-state index in [1.165, 1.54) is 0 Å². The quantitative estimate of drug-likeness (QED) is 0.187. The number of hydrogen-bond donors (Lipinski definition) is 8. The molecular formula is C33H54O12. The Hall–Kier alpha value is -0.480. The third-order valence-electron chi connectivity index (χ3n) is 14.5. The van der Waals surface area contributed by atoms with Gasteiger partial charge in [0.25, 0.3) is 0 Å². The van der Waals surface area contributed by atoms with Crippen molar-refractivity contribution in [3.63, 3.8) is 0 Å². The lowest BCUT2D eigenvalue weighted by Crippen LogP contribution is -2.79. The molecule has 12 heteroatoms. The monoisotopic (exact) mass is 642 g/mol. The molecule has 4 saturated carbocycles. The van der Waals surface area contributed by atoms with Gasteiger partial charge in [0.15, 0.2) is 12.1 Å². The van der Waals surface area contributed by atoms with Crippen molar-refractivity contribution >= 4 is 0 Å². The molecule has 0 radical (unpaired) electrons. The number of hydrogen-bond acceptors (Lipinski definition) is 12. The molecule has 7 rings (SSSR count). The van der Waals surface area contributed by atoms with Crippen LogP contribution in [0.3, 0.4) is 0 Å². The van der Waals surface area contributed by atoms with Gasteiger partial charge in [-0.15, -0.1) is 0 Å². The average molecular weight is 643 g/mol. The summed E-state index contributed by atoms with van der Waals surface area (Å²) in [6, 6.07) is 0. The van der Waals surface area contributed by atoms with E-state index in [1.807, 2.05) is 0 Å². The molecule has 258 valence electrons. The molecule has 12 nitrogen and oxygen atoms in total. The summed E-state index contributed by atoms with van der Waals surface area (Å²) < 4.78 is 25.5. The van der Waals surface area contributed by atoms with Gasteiger partial charge in [-0.05, 0) is 73.5 Å². The lowest BCUT2D eigenvalue weighted by Gasteiger charge is -2.68. The van der Waals surface area contributed by atoms with Gasteiger partial charge in [0.2, 0.25) is 0 Å². The van der Waals surface area contributed by atoms with Gasteiger partial charge in [0, 0.05) is 17.8 Å². The fourth-order valence-corrected chi connectivity index (χ4v) is 12.0. The van der Waals surface area contributed by atoms with Crippen molar-refractivity contribution in [3.05, 3.63) is 0 Å². The minimum Gasteiger partial charge on any atom is -0.394 e. The van der Waals surface area contributed by atoms with Crippen molar-refractivity contribution in [1.29, 1.82) is 0 Å². The highest BCUT2D eigenvalue weighted by Crippen LogP contribution is 2.72. The van der Waals surface area contributed by atoms with Crippen LogP contribution in [0.25, 0.3) is 0 Å². The second-order valence-corrected chi connectivity index (χ2v) is 16.3. The second-order valence-electron chi connectivity index (χ2n) is 16.3. The predicted octanol–water partition coefficient (Wildman–Crippen LogP) is -0.355. The molecule has 1 spiro atoms. The van der Waals surface area contributed by atoms with Crippen LogP contribution in [0, 0.1) is 46.3 Å². The molecule has 3 heterocycles. The standard InChI is InChI=1S/C33H54O12/c1-14-5-10-33(42-13-14)15(2)21-19(44-33)11-18-16-6-9-32(45-29-26(39)23(36)22(35)20(12-34)43-29)28(41)25(38)24(37)27(40)31(32,4)17(16)7-8-30(18,21)3/h14-29,34-41H,5-13H2,1-4H3/t14?,15-,16+,17-,18-,19-,20+,21-,22+,23-,24?,25?,26+,27?,28?,29-,30-,31-,32+,33+/m0/s1. The van der Waals surface area contributed by atoms with Crippen molar-refractivity contribution in [2.75, 3.05) is 13.2 Å². The molecular weight excluding hydrogens is 588 g/mol. The van der Waals surface area contributed by atoms with Crippen molar-refractivity contribution < 1.29 is 59.8 Å². The van der Waals surface area contributed by atoms with Crippen LogP contribution in [0.5, 0.6) is 0 Å². The number of fused-ring (bicyclic) bond motifs is 7. The van der Waals surface area contributed by atoms with Crippen LogP contribution < -0.4 is 0 Å². The maximum atomic E-state index is 11.8. The zero-order chi connectivity index (χ0) is 32.4. The first-order chi connectivity index (χ1) is 21.2. The number of rotatable bonds is 3. The molecule has 7 fully saturated rings. The Kier molecular flexibility index (Phi) is 8.09. The summed E-state index contributed by atoms with van der Waals surface area (Å²) in [6.45, 7) is 8.71. The summed E-state index contributed by atoms with van der Waals surface area (Å²) in [5.74, 6) is 0.660. The summed E-state index contributed by atoms with van der Waals surface area (Å²) >= 11 is 0. The number of aliphatic hydroxyl groups excluding tert-OH is 8. The topological polar surface area (TPSA) is 199 Å². The van der Waals surface area contributed by atoms with Crippen LogP contribution in [0.4, 0.5) is 0 Å². The Balaban J connectivity index is 1.21. The van der Waals surface area contributed by atoms with Crippen LogP contribution in [0.2, 0.25) is 0 Å². The van der Waals surface area contributed by atoms with E-state index in [2.05, 4.69) is 20.8 Å². The van der Waals surface area contributed by atoms with Crippen molar-refractivity contribution in [3.8, 4) is 0 Å². The Morgan fingerprint density at radius 1 is 0.778 bits per heavy atom. The van der Waals surface area contributed by atoms with E-state index >= 15 is 0 Å². The van der Waals surface area contributed by atoms with Gasteiger partial charge in [-0.2, -0.15) is 0 Å². The van der Waals surface area contributed by atoms with E-state index in [-0.39, 0.29) is 41.6 Å². The maximum Gasteiger partial charge on any atom is 0.187 e. The molecule has 20 atom stereocenters. The molecule has 45 heavy (non-hydrogen) atoms. The first kappa shape index (κ1) is 33.0. The lowest BCUT2D eigenvalue weighted by atomic mass is 9.41. The van der Waals surface area contributed by atoms with Gasteiger partial charge in [-0.1, -0.05) is 27.7 Å². The maximum absolute atomic E-state index is 11.8. The SMILES string of the molecule is CC1CC[C@@]2(OC1)O[C@H]1C[C@H]3[C@@H]4CC[C@@]5(O[C@@H]6O[C@H](CO)[C@@H](O)[C@H](O)[C@H]6O)C(O)C(O)C(O)C(O)[C@]5(C)[C@H]4CC[C@]3(C)[C@H]1[C@@H]2C. The summed E-state index contributed by atoms with van der Waals surface area (Å²) in [7, 11) is 0. The highest BCUT2D eigenvalue weighted by molar-refractivity contribution is 5.23. The Labute approximate surface area is 264 Å². The van der Waals surface area contributed by atoms with Gasteiger partial charge in [-0.25, -0.2) is 0 Å². The van der Waals surface area contributed by atoms with Crippen molar-refractivity contribution in [1.82, 2.24) is 0 Å². The molecule has 0 aromatic rings. The first-order valence-corrected chi connectivity index (χ1v) is 17.2. The van der Waals surface area contributed by atoms with E-state index in [0.29, 0.717) is 31.3 Å². The molecule has 0 aromatic carbocycles. The van der Waals surface area contributed by atoms with Crippen LogP contribution in [-0.4, -0.2) is 127 Å². The van der Waals surface area contributed by atoms with Gasteiger partial charge >= 0.3 is 0 Å². The van der Waals surface area contributed by atoms with Crippen LogP contribution in [-0.2, 0) is 18.9 Å². The molecule has 0 amide bonds. The Morgan fingerprint density at radius 2 is 1.49 bits per heavy atom. The molecule has 8 N–H and O–H groups in total. The average Bonchev–Trinajstić information content (AvgIpc) is 3.47. The second kappa shape index (κ2) is 11.0. The summed E-state index contributed by atoms with van der Waals surface area (Å²) in [6.07, 6.45) is -9.15. The largest absolute Gasteiger partial charge is 0.394 e.